The zero-order valence-electron chi connectivity index (χ0n) is 23.9. The van der Waals surface area contributed by atoms with Crippen LogP contribution in [0.2, 0.25) is 0 Å². The lowest BCUT2D eigenvalue weighted by Gasteiger charge is -2.28. The van der Waals surface area contributed by atoms with Gasteiger partial charge in [0.25, 0.3) is 5.91 Å². The molecule has 0 bridgehead atoms. The lowest BCUT2D eigenvalue weighted by atomic mass is 9.96. The standard InChI is InChI=1S/C32H32F3N5O4/c1-20-5-7-22(8-6-20)18-40-19-37-16-23(40)17-38-27-13-14-43-29-25(27)3-2-4-26(29)31(42)39-28(30(36)41)15-21-9-11-24(12-10-21)44-32(33,34)35/h2-12,16,19,27-28,38H,13-15,17-18H2,1H3,(H2,36,41)(H,39,42)/t27?,28-/m0/s1. The van der Waals surface area contributed by atoms with Crippen LogP contribution < -0.4 is 25.8 Å². The van der Waals surface area contributed by atoms with E-state index in [2.05, 4.69) is 56.1 Å². The van der Waals surface area contributed by atoms with E-state index in [-0.39, 0.29) is 18.0 Å². The third-order valence-corrected chi connectivity index (χ3v) is 7.37. The molecule has 5 rings (SSSR count). The zero-order valence-corrected chi connectivity index (χ0v) is 23.9. The summed E-state index contributed by atoms with van der Waals surface area (Å²) in [5.41, 5.74) is 10.5. The molecule has 2 heterocycles. The second-order valence-corrected chi connectivity index (χ2v) is 10.6. The van der Waals surface area contributed by atoms with Crippen molar-refractivity contribution in [2.24, 2.45) is 5.73 Å². The average molecular weight is 608 g/mol. The van der Waals surface area contributed by atoms with Gasteiger partial charge in [0.1, 0.15) is 17.5 Å². The number of benzene rings is 3. The molecule has 230 valence electrons. The van der Waals surface area contributed by atoms with Gasteiger partial charge in [-0.15, -0.1) is 13.2 Å². The van der Waals surface area contributed by atoms with Crippen molar-refractivity contribution >= 4 is 11.8 Å². The highest BCUT2D eigenvalue weighted by Gasteiger charge is 2.31. The number of nitrogens with zero attached hydrogens (tertiary/aromatic N) is 2. The second-order valence-electron chi connectivity index (χ2n) is 10.6. The molecule has 12 heteroatoms. The van der Waals surface area contributed by atoms with Gasteiger partial charge < -0.3 is 30.4 Å². The molecule has 1 unspecified atom stereocenters. The average Bonchev–Trinajstić information content (AvgIpc) is 3.43. The molecule has 1 aliphatic heterocycles. The minimum atomic E-state index is -4.82. The summed E-state index contributed by atoms with van der Waals surface area (Å²) in [4.78, 5) is 29.9. The Morgan fingerprint density at radius 3 is 2.52 bits per heavy atom. The summed E-state index contributed by atoms with van der Waals surface area (Å²) in [6, 6.07) is 17.4. The van der Waals surface area contributed by atoms with Crippen LogP contribution in [-0.4, -0.2) is 40.4 Å². The number of hydrogen-bond acceptors (Lipinski definition) is 6. The first-order valence-corrected chi connectivity index (χ1v) is 14.0. The van der Waals surface area contributed by atoms with E-state index < -0.39 is 30.0 Å². The zero-order chi connectivity index (χ0) is 31.3. The lowest BCUT2D eigenvalue weighted by Crippen LogP contribution is -2.46. The maximum absolute atomic E-state index is 13.3. The quantitative estimate of drug-likeness (QED) is 0.230. The number of carbonyl (C=O) groups is 2. The Bertz CT molecular complexity index is 1600. The number of aromatic nitrogens is 2. The molecule has 9 nitrogen and oxygen atoms in total. The van der Waals surface area contributed by atoms with Crippen molar-refractivity contribution in [3.05, 3.63) is 113 Å². The highest BCUT2D eigenvalue weighted by molar-refractivity contribution is 6.00. The Kier molecular flexibility index (Phi) is 9.19. The molecule has 4 aromatic rings. The van der Waals surface area contributed by atoms with E-state index in [4.69, 9.17) is 10.5 Å². The number of alkyl halides is 3. The summed E-state index contributed by atoms with van der Waals surface area (Å²) in [6.07, 6.45) is -0.532. The summed E-state index contributed by atoms with van der Waals surface area (Å²) in [6.45, 7) is 3.67. The van der Waals surface area contributed by atoms with Crippen LogP contribution in [0.3, 0.4) is 0 Å². The van der Waals surface area contributed by atoms with Gasteiger partial charge in [0.15, 0.2) is 0 Å². The van der Waals surface area contributed by atoms with Crippen LogP contribution in [-0.2, 0) is 24.3 Å². The highest BCUT2D eigenvalue weighted by Crippen LogP contribution is 2.35. The molecule has 1 aromatic heterocycles. The predicted octanol–water partition coefficient (Wildman–Crippen LogP) is 4.58. The van der Waals surface area contributed by atoms with E-state index in [1.807, 2.05) is 12.3 Å². The normalized spacial score (nSPS) is 15.1. The van der Waals surface area contributed by atoms with Gasteiger partial charge in [-0.2, -0.15) is 0 Å². The fourth-order valence-corrected chi connectivity index (χ4v) is 5.09. The molecule has 0 saturated heterocycles. The maximum Gasteiger partial charge on any atom is 0.573 e. The molecule has 1 aliphatic rings. The molecular weight excluding hydrogens is 575 g/mol. The Morgan fingerprint density at radius 2 is 1.82 bits per heavy atom. The molecule has 0 spiro atoms. The van der Waals surface area contributed by atoms with Gasteiger partial charge in [-0.3, -0.25) is 9.59 Å². The number of nitrogens with two attached hydrogens (primary N) is 1. The lowest BCUT2D eigenvalue weighted by molar-refractivity contribution is -0.274. The number of rotatable bonds is 11. The topological polar surface area (TPSA) is 120 Å². The van der Waals surface area contributed by atoms with Gasteiger partial charge in [0, 0.05) is 43.7 Å². The van der Waals surface area contributed by atoms with Gasteiger partial charge in [0.05, 0.1) is 24.2 Å². The second kappa shape index (κ2) is 13.2. The third kappa shape index (κ3) is 7.75. The van der Waals surface area contributed by atoms with Gasteiger partial charge in [-0.25, -0.2) is 4.98 Å². The van der Waals surface area contributed by atoms with E-state index in [1.165, 1.54) is 23.3 Å². The molecule has 44 heavy (non-hydrogen) atoms. The molecule has 0 saturated carbocycles. The summed E-state index contributed by atoms with van der Waals surface area (Å²) < 4.78 is 49.3. The largest absolute Gasteiger partial charge is 0.573 e. The molecule has 0 radical (unpaired) electrons. The number of nitrogens with one attached hydrogen (secondary N) is 2. The SMILES string of the molecule is Cc1ccc(Cn2cncc2CNC2CCOc3c(C(=O)N[C@@H](Cc4ccc(OC(F)(F)F)cc4)C(N)=O)cccc32)cc1. The van der Waals surface area contributed by atoms with E-state index in [0.717, 1.165) is 23.4 Å². The Morgan fingerprint density at radius 1 is 1.09 bits per heavy atom. The van der Waals surface area contributed by atoms with Crippen molar-refractivity contribution in [3.8, 4) is 11.5 Å². The number of amides is 2. The van der Waals surface area contributed by atoms with Crippen LogP contribution in [0, 0.1) is 6.92 Å². The minimum absolute atomic E-state index is 0.0241. The number of carbonyl (C=O) groups excluding carboxylic acids is 2. The van der Waals surface area contributed by atoms with Crippen molar-refractivity contribution in [3.63, 3.8) is 0 Å². The van der Waals surface area contributed by atoms with Crippen LogP contribution in [0.25, 0.3) is 0 Å². The maximum atomic E-state index is 13.3. The fraction of sp³-hybridized carbons (Fsp3) is 0.281. The number of primary amides is 1. The number of ether oxygens (including phenoxy) is 2. The molecular formula is C32H32F3N5O4. The molecule has 2 atom stereocenters. The van der Waals surface area contributed by atoms with E-state index in [1.54, 1.807) is 18.5 Å². The summed E-state index contributed by atoms with van der Waals surface area (Å²) in [7, 11) is 0. The highest BCUT2D eigenvalue weighted by atomic mass is 19.4. The van der Waals surface area contributed by atoms with Crippen LogP contribution in [0.15, 0.2) is 79.3 Å². The Hall–Kier alpha value is -4.84. The van der Waals surface area contributed by atoms with Crippen molar-refractivity contribution in [2.75, 3.05) is 6.61 Å². The summed E-state index contributed by atoms with van der Waals surface area (Å²) in [5.74, 6) is -1.33. The van der Waals surface area contributed by atoms with E-state index in [0.29, 0.717) is 37.4 Å². The summed E-state index contributed by atoms with van der Waals surface area (Å²) >= 11 is 0. The van der Waals surface area contributed by atoms with Gasteiger partial charge >= 0.3 is 6.36 Å². The monoisotopic (exact) mass is 607 g/mol. The number of para-hydroxylation sites is 1. The number of fused-ring (bicyclic) bond motifs is 1. The van der Waals surface area contributed by atoms with Crippen LogP contribution >= 0.6 is 0 Å². The fourth-order valence-electron chi connectivity index (χ4n) is 5.09. The third-order valence-electron chi connectivity index (χ3n) is 7.37. The van der Waals surface area contributed by atoms with Crippen molar-refractivity contribution < 1.29 is 32.2 Å². The first kappa shape index (κ1) is 30.6. The van der Waals surface area contributed by atoms with E-state index in [9.17, 15) is 22.8 Å². The van der Waals surface area contributed by atoms with Crippen molar-refractivity contribution in [1.82, 2.24) is 20.2 Å². The number of aryl methyl sites for hydroxylation is 1. The van der Waals surface area contributed by atoms with Crippen LogP contribution in [0.1, 0.15) is 50.8 Å². The smallest absolute Gasteiger partial charge is 0.492 e. The predicted molar refractivity (Wildman–Crippen MR) is 156 cm³/mol. The van der Waals surface area contributed by atoms with E-state index >= 15 is 0 Å². The Balaban J connectivity index is 1.25. The molecule has 2 amide bonds. The first-order valence-electron chi connectivity index (χ1n) is 14.0. The number of imidazole rings is 1. The summed E-state index contributed by atoms with van der Waals surface area (Å²) in [5, 5.41) is 6.22. The molecule has 3 aromatic carbocycles. The van der Waals surface area contributed by atoms with Crippen molar-refractivity contribution in [1.29, 1.82) is 0 Å². The molecule has 0 aliphatic carbocycles. The minimum Gasteiger partial charge on any atom is -0.492 e. The van der Waals surface area contributed by atoms with Crippen molar-refractivity contribution in [2.45, 2.75) is 51.3 Å². The Labute approximate surface area is 252 Å². The van der Waals surface area contributed by atoms with Gasteiger partial charge in [-0.05, 0) is 36.2 Å². The number of hydrogen-bond donors (Lipinski definition) is 3. The van der Waals surface area contributed by atoms with Crippen LogP contribution in [0.4, 0.5) is 13.2 Å². The number of halogens is 3. The first-order chi connectivity index (χ1) is 21.1. The molecule has 4 N–H and O–H groups in total. The van der Waals surface area contributed by atoms with Gasteiger partial charge in [0.2, 0.25) is 5.91 Å². The molecule has 0 fully saturated rings. The van der Waals surface area contributed by atoms with Crippen LogP contribution in [0.5, 0.6) is 11.5 Å². The van der Waals surface area contributed by atoms with Gasteiger partial charge in [-0.1, -0.05) is 54.1 Å².